The number of carboxylic acids is 2. The molecular weight excluding hydrogens is 682 g/mol. The molecule has 0 saturated heterocycles. The van der Waals surface area contributed by atoms with Gasteiger partial charge in [0.25, 0.3) is 0 Å². The summed E-state index contributed by atoms with van der Waals surface area (Å²) in [6, 6.07) is 7.75. The second kappa shape index (κ2) is 18.1. The van der Waals surface area contributed by atoms with Crippen LogP contribution in [0.15, 0.2) is 47.4 Å². The summed E-state index contributed by atoms with van der Waals surface area (Å²) in [7, 11) is 0. The first-order valence-electron chi connectivity index (χ1n) is 16.1. The van der Waals surface area contributed by atoms with E-state index < -0.39 is 36.8 Å². The molecule has 0 atom stereocenters. The summed E-state index contributed by atoms with van der Waals surface area (Å²) in [5, 5.41) is 43.0. The monoisotopic (exact) mass is 720 g/mol. The zero-order valence-electron chi connectivity index (χ0n) is 30.4. The maximum atomic E-state index is 12.5. The number of aliphatic imine (C=N–C) groups is 2. The van der Waals surface area contributed by atoms with Crippen LogP contribution >= 0.6 is 0 Å². The Balaban J connectivity index is 0.00000364. The van der Waals surface area contributed by atoms with E-state index in [1.54, 1.807) is 6.08 Å². The van der Waals surface area contributed by atoms with Crippen LogP contribution in [-0.4, -0.2) is 67.0 Å². The first-order chi connectivity index (χ1) is 23.8. The van der Waals surface area contributed by atoms with Crippen molar-refractivity contribution in [2.24, 2.45) is 9.98 Å². The maximum absolute atomic E-state index is 12.5. The van der Waals surface area contributed by atoms with E-state index in [4.69, 9.17) is 20.2 Å². The smallest absolute Gasteiger partial charge is 0.862 e. The number of hydrogen-bond donors (Lipinski definition) is 4. The Morgan fingerprint density at radius 2 is 1.06 bits per heavy atom. The number of nitrogens with one attached hydrogen (secondary N) is 2. The van der Waals surface area contributed by atoms with Crippen LogP contribution in [0.5, 0.6) is 0 Å². The summed E-state index contributed by atoms with van der Waals surface area (Å²) in [6.07, 6.45) is 4.09. The van der Waals surface area contributed by atoms with Gasteiger partial charge >= 0.3 is 71.1 Å². The van der Waals surface area contributed by atoms with E-state index in [9.17, 15) is 19.8 Å². The molecule has 0 amide bonds. The number of rotatable bonds is 12. The number of hydrogen-bond acceptors (Lipinski definition) is 8. The van der Waals surface area contributed by atoms with Crippen LogP contribution in [0.1, 0.15) is 84.6 Å². The zero-order valence-corrected chi connectivity index (χ0v) is 34.4. The van der Waals surface area contributed by atoms with E-state index >= 15 is 0 Å². The van der Waals surface area contributed by atoms with Crippen LogP contribution in [0, 0.1) is 13.8 Å². The number of fused-ring (bicyclic) bond motifs is 8. The van der Waals surface area contributed by atoms with Gasteiger partial charge in [0.1, 0.15) is 13.1 Å². The number of nitrogens with zero attached hydrogens (tertiary/aromatic N) is 4. The third-order valence-electron chi connectivity index (χ3n) is 9.00. The molecule has 2 aliphatic heterocycles. The van der Waals surface area contributed by atoms with Crippen molar-refractivity contribution in [1.29, 1.82) is 0 Å². The molecule has 0 aromatic carbocycles. The quantitative estimate of drug-likeness (QED) is 0.107. The molecule has 0 unspecified atom stereocenters. The van der Waals surface area contributed by atoms with Crippen molar-refractivity contribution in [3.05, 3.63) is 82.5 Å². The molecule has 0 radical (unpaired) electrons. The van der Waals surface area contributed by atoms with Crippen LogP contribution < -0.4 is 69.3 Å². The fraction of sp³-hybridized carbons (Fsp3) is 0.263. The van der Waals surface area contributed by atoms with Crippen LogP contribution in [0.4, 0.5) is 0 Å². The van der Waals surface area contributed by atoms with Gasteiger partial charge in [-0.3, -0.25) is 19.6 Å². The second-order valence-electron chi connectivity index (χ2n) is 12.1. The minimum Gasteiger partial charge on any atom is -0.862 e. The van der Waals surface area contributed by atoms with Crippen molar-refractivity contribution in [1.82, 2.24) is 19.9 Å². The topological polar surface area (TPSA) is 203 Å². The fourth-order valence-electron chi connectivity index (χ4n) is 6.24. The largest absolute Gasteiger partial charge is 1.00 e. The summed E-state index contributed by atoms with van der Waals surface area (Å²) >= 11 is 0. The maximum Gasteiger partial charge on any atom is 1.00 e. The fourth-order valence-corrected chi connectivity index (χ4v) is 6.24. The molecule has 4 N–H and O–H groups in total. The van der Waals surface area contributed by atoms with Crippen molar-refractivity contribution in [2.75, 3.05) is 13.1 Å². The molecule has 14 heteroatoms. The molecule has 5 heterocycles. The number of aromatic amines is 2. The summed E-state index contributed by atoms with van der Waals surface area (Å²) in [5.41, 5.74) is 12.9. The van der Waals surface area contributed by atoms with Gasteiger partial charge in [-0.2, -0.15) is 0 Å². The Kier molecular flexibility index (Phi) is 14.8. The van der Waals surface area contributed by atoms with Gasteiger partial charge in [0, 0.05) is 33.2 Å². The van der Waals surface area contributed by atoms with Gasteiger partial charge in [-0.05, 0) is 123 Å². The summed E-state index contributed by atoms with van der Waals surface area (Å²) in [6.45, 7) is 14.8. The van der Waals surface area contributed by atoms with Crippen molar-refractivity contribution in [3.8, 4) is 0 Å². The Labute approximate surface area is 345 Å². The minimum absolute atomic E-state index is 0. The molecule has 12 nitrogen and oxygen atoms in total. The van der Waals surface area contributed by atoms with E-state index in [1.807, 2.05) is 58.0 Å². The number of aromatic nitrogens is 4. The molecule has 0 fully saturated rings. The number of carboxylic acid groups (broad SMARTS) is 2. The van der Waals surface area contributed by atoms with Crippen molar-refractivity contribution >= 4 is 80.2 Å². The van der Waals surface area contributed by atoms with Crippen LogP contribution in [0.25, 0.3) is 56.5 Å². The summed E-state index contributed by atoms with van der Waals surface area (Å²) in [5.74, 6) is -3.43. The van der Waals surface area contributed by atoms with Crippen molar-refractivity contribution in [2.45, 2.75) is 53.4 Å². The number of H-pyrrole nitrogens is 2. The predicted octanol–water partition coefficient (Wildman–Crippen LogP) is -0.666. The van der Waals surface area contributed by atoms with E-state index in [0.717, 1.165) is 66.6 Å². The van der Waals surface area contributed by atoms with Gasteiger partial charge in [-0.1, -0.05) is 25.3 Å². The van der Waals surface area contributed by atoms with Crippen LogP contribution in [-0.2, 0) is 9.59 Å². The Bertz CT molecular complexity index is 2240. The van der Waals surface area contributed by atoms with Gasteiger partial charge in [0.15, 0.2) is 0 Å². The molecule has 5 rings (SSSR count). The first-order valence-corrected chi connectivity index (χ1v) is 16.1. The molecule has 0 spiro atoms. The molecular formula is C38H38N6Na2O6. The second-order valence-corrected chi connectivity index (χ2v) is 12.1. The van der Waals surface area contributed by atoms with Gasteiger partial charge in [-0.25, -0.2) is 9.97 Å². The average molecular weight is 721 g/mol. The number of carbonyl (C=O) groups is 2. The summed E-state index contributed by atoms with van der Waals surface area (Å²) < 4.78 is 0. The molecule has 3 aromatic rings. The SMILES string of the molecule is C=Cc1c(C)c2cc3[nH]c(cc4nc(cc5nc(cc1[nH]2)C(C)=C5CCC([O-])=NCC(=O)O)C(CCC([O-])=NCC(=O)O)=C4C)c(C)c3C=C.[Na+].[Na+]. The zero-order chi connectivity index (χ0) is 36.3. The molecule has 258 valence electrons. The minimum atomic E-state index is -1.19. The van der Waals surface area contributed by atoms with Crippen molar-refractivity contribution < 1.29 is 89.1 Å². The molecule has 0 aliphatic carbocycles. The first kappa shape index (κ1) is 42.4. The third kappa shape index (κ3) is 9.30. The van der Waals surface area contributed by atoms with Gasteiger partial charge in [0.05, 0.1) is 22.8 Å². The van der Waals surface area contributed by atoms with E-state index in [0.29, 0.717) is 22.8 Å². The Hall–Kier alpha value is -4.04. The van der Waals surface area contributed by atoms with E-state index in [-0.39, 0.29) is 84.8 Å². The van der Waals surface area contributed by atoms with Crippen molar-refractivity contribution in [3.63, 3.8) is 0 Å². The van der Waals surface area contributed by atoms with Gasteiger partial charge in [-0.15, -0.1) is 0 Å². The standard InChI is InChI=1S/C38H40N6O6.2Na/c1-7-23-19(3)27-13-28-21(5)25(9-11-35(45)39-17-37(47)48)33(43-28)16-34-26(10-12-36(46)40-18-38(49)50)22(6)30(44-34)15-32-24(8-2)20(4)29(42-32)14-31(23)41-27;;/h7-8,13-16,41-42H,1-2,9-12,17-18H2,3-6H3,(H,39,45)(H,40,46)(H,47,48)(H,49,50);;/q;2*+1/p-2. The number of aliphatic carboxylic acids is 2. The molecule has 8 bridgehead atoms. The average Bonchev–Trinajstić information content (AvgIpc) is 3.73. The van der Waals surface area contributed by atoms with Gasteiger partial charge < -0.3 is 30.4 Å². The molecule has 2 aliphatic rings. The normalized spacial score (nSPS) is 13.1. The van der Waals surface area contributed by atoms with Crippen LogP contribution in [0.2, 0.25) is 0 Å². The molecule has 52 heavy (non-hydrogen) atoms. The Morgan fingerprint density at radius 3 is 1.46 bits per heavy atom. The van der Waals surface area contributed by atoms with Gasteiger partial charge in [0.2, 0.25) is 0 Å². The molecule has 3 aromatic heterocycles. The van der Waals surface area contributed by atoms with Crippen LogP contribution in [0.3, 0.4) is 0 Å². The van der Waals surface area contributed by atoms with E-state index in [2.05, 4.69) is 33.1 Å². The Morgan fingerprint density at radius 1 is 0.673 bits per heavy atom. The third-order valence-corrected chi connectivity index (χ3v) is 9.00. The van der Waals surface area contributed by atoms with E-state index in [1.165, 1.54) is 0 Å². The number of allylic oxidation sites excluding steroid dienone is 4. The predicted molar refractivity (Wildman–Crippen MR) is 194 cm³/mol. The molecule has 0 saturated carbocycles. The summed E-state index contributed by atoms with van der Waals surface area (Å²) in [4.78, 5) is 46.3. The number of aryl methyl sites for hydroxylation is 2.